The standard InChI is InChI=1S/C16H16N2O3/c1-8-14(9(2)21-18-8)10-3-6-13-12(7-10)16(20,11-4-5-11)15(19)17-13/h3,6-7,11,20H,4-5H2,1-2H3,(H,17,19). The third-order valence-corrected chi connectivity index (χ3v) is 4.51. The molecule has 1 fully saturated rings. The molecule has 1 saturated carbocycles. The van der Waals surface area contributed by atoms with Crippen molar-refractivity contribution >= 4 is 11.6 Å². The van der Waals surface area contributed by atoms with Gasteiger partial charge in [0.15, 0.2) is 5.60 Å². The van der Waals surface area contributed by atoms with E-state index in [1.165, 1.54) is 0 Å². The van der Waals surface area contributed by atoms with Crippen molar-refractivity contribution in [2.24, 2.45) is 5.92 Å². The first kappa shape index (κ1) is 12.6. The van der Waals surface area contributed by atoms with Crippen molar-refractivity contribution in [1.29, 1.82) is 0 Å². The van der Waals surface area contributed by atoms with Crippen LogP contribution in [0.25, 0.3) is 11.1 Å². The second-order valence-corrected chi connectivity index (χ2v) is 5.95. The average molecular weight is 284 g/mol. The average Bonchev–Trinajstić information content (AvgIpc) is 3.21. The molecular weight excluding hydrogens is 268 g/mol. The van der Waals surface area contributed by atoms with Crippen LogP contribution in [-0.2, 0) is 10.4 Å². The number of nitrogens with one attached hydrogen (secondary N) is 1. The van der Waals surface area contributed by atoms with Crippen LogP contribution in [0.15, 0.2) is 22.7 Å². The summed E-state index contributed by atoms with van der Waals surface area (Å²) in [6.45, 7) is 3.74. The van der Waals surface area contributed by atoms with Crippen LogP contribution in [-0.4, -0.2) is 16.2 Å². The molecular formula is C16H16N2O3. The van der Waals surface area contributed by atoms with Gasteiger partial charge in [-0.15, -0.1) is 0 Å². The van der Waals surface area contributed by atoms with Crippen molar-refractivity contribution in [2.75, 3.05) is 5.32 Å². The van der Waals surface area contributed by atoms with Crippen molar-refractivity contribution in [3.05, 3.63) is 35.2 Å². The largest absolute Gasteiger partial charge is 0.375 e. The molecule has 2 heterocycles. The summed E-state index contributed by atoms with van der Waals surface area (Å²) in [5, 5.41) is 17.6. The van der Waals surface area contributed by atoms with E-state index in [1.807, 2.05) is 32.0 Å². The van der Waals surface area contributed by atoms with E-state index < -0.39 is 5.60 Å². The molecule has 5 heteroatoms. The normalized spacial score (nSPS) is 24.0. The molecule has 1 aliphatic carbocycles. The van der Waals surface area contributed by atoms with Crippen LogP contribution in [0.1, 0.15) is 29.9 Å². The number of benzene rings is 1. The van der Waals surface area contributed by atoms with Crippen LogP contribution in [0.5, 0.6) is 0 Å². The lowest BCUT2D eigenvalue weighted by Crippen LogP contribution is -2.36. The predicted octanol–water partition coefficient (Wildman–Crippen LogP) is 2.51. The number of nitrogens with zero attached hydrogens (tertiary/aromatic N) is 1. The predicted molar refractivity (Wildman–Crippen MR) is 76.7 cm³/mol. The fourth-order valence-electron chi connectivity index (χ4n) is 3.27. The summed E-state index contributed by atoms with van der Waals surface area (Å²) < 4.78 is 5.21. The minimum absolute atomic E-state index is 0.0265. The Morgan fingerprint density at radius 3 is 2.76 bits per heavy atom. The minimum atomic E-state index is -1.38. The van der Waals surface area contributed by atoms with Crippen molar-refractivity contribution in [3.63, 3.8) is 0 Å². The smallest absolute Gasteiger partial charge is 0.261 e. The number of aliphatic hydroxyl groups is 1. The maximum Gasteiger partial charge on any atom is 0.261 e. The highest BCUT2D eigenvalue weighted by molar-refractivity contribution is 6.06. The summed E-state index contributed by atoms with van der Waals surface area (Å²) in [5.74, 6) is 0.453. The molecule has 2 N–H and O–H groups in total. The SMILES string of the molecule is Cc1noc(C)c1-c1ccc2c(c1)C(O)(C1CC1)C(=O)N2. The topological polar surface area (TPSA) is 75.4 Å². The number of aromatic nitrogens is 1. The second-order valence-electron chi connectivity index (χ2n) is 5.95. The van der Waals surface area contributed by atoms with Gasteiger partial charge in [-0.1, -0.05) is 11.2 Å². The van der Waals surface area contributed by atoms with Crippen LogP contribution in [0.4, 0.5) is 5.69 Å². The molecule has 2 aromatic rings. The van der Waals surface area contributed by atoms with Crippen LogP contribution < -0.4 is 5.32 Å². The van der Waals surface area contributed by atoms with Crippen molar-refractivity contribution in [3.8, 4) is 11.1 Å². The number of hydrogen-bond acceptors (Lipinski definition) is 4. The molecule has 1 aliphatic heterocycles. The van der Waals surface area contributed by atoms with Gasteiger partial charge < -0.3 is 14.9 Å². The Balaban J connectivity index is 1.89. The summed E-state index contributed by atoms with van der Waals surface area (Å²) >= 11 is 0. The molecule has 2 aliphatic rings. The summed E-state index contributed by atoms with van der Waals surface area (Å²) in [4.78, 5) is 12.2. The number of amides is 1. The highest BCUT2D eigenvalue weighted by atomic mass is 16.5. The zero-order chi connectivity index (χ0) is 14.8. The Morgan fingerprint density at radius 1 is 1.38 bits per heavy atom. The number of anilines is 1. The van der Waals surface area contributed by atoms with Gasteiger partial charge in [-0.25, -0.2) is 0 Å². The van der Waals surface area contributed by atoms with E-state index in [9.17, 15) is 9.90 Å². The number of aryl methyl sites for hydroxylation is 2. The molecule has 0 saturated heterocycles. The van der Waals surface area contributed by atoms with Gasteiger partial charge in [0.05, 0.1) is 5.69 Å². The third kappa shape index (κ3) is 1.61. The summed E-state index contributed by atoms with van der Waals surface area (Å²) in [6.07, 6.45) is 1.78. The van der Waals surface area contributed by atoms with Crippen LogP contribution in [0, 0.1) is 19.8 Å². The van der Waals surface area contributed by atoms with E-state index in [-0.39, 0.29) is 11.8 Å². The van der Waals surface area contributed by atoms with E-state index in [4.69, 9.17) is 4.52 Å². The molecule has 1 aromatic carbocycles. The van der Waals surface area contributed by atoms with Crippen molar-refractivity contribution in [2.45, 2.75) is 32.3 Å². The lowest BCUT2D eigenvalue weighted by Gasteiger charge is -2.20. The zero-order valence-electron chi connectivity index (χ0n) is 11.9. The Kier molecular flexibility index (Phi) is 2.37. The summed E-state index contributed by atoms with van der Waals surface area (Å²) in [7, 11) is 0. The molecule has 21 heavy (non-hydrogen) atoms. The number of carbonyl (C=O) groups excluding carboxylic acids is 1. The lowest BCUT2D eigenvalue weighted by molar-refractivity contribution is -0.135. The Hall–Kier alpha value is -2.14. The number of rotatable bonds is 2. The molecule has 1 amide bonds. The van der Waals surface area contributed by atoms with Gasteiger partial charge in [0.25, 0.3) is 5.91 Å². The van der Waals surface area contributed by atoms with Crippen molar-refractivity contribution in [1.82, 2.24) is 5.16 Å². The number of fused-ring (bicyclic) bond motifs is 1. The molecule has 5 nitrogen and oxygen atoms in total. The van der Waals surface area contributed by atoms with Gasteiger partial charge in [-0.2, -0.15) is 0 Å². The highest BCUT2D eigenvalue weighted by Gasteiger charge is 2.55. The van der Waals surface area contributed by atoms with Gasteiger partial charge >= 0.3 is 0 Å². The van der Waals surface area contributed by atoms with Gasteiger partial charge in [0.1, 0.15) is 5.76 Å². The maximum absolute atomic E-state index is 12.2. The van der Waals surface area contributed by atoms with Crippen molar-refractivity contribution < 1.29 is 14.4 Å². The Labute approximate surface area is 122 Å². The highest BCUT2D eigenvalue weighted by Crippen LogP contribution is 2.52. The first-order valence-corrected chi connectivity index (χ1v) is 7.13. The van der Waals surface area contributed by atoms with E-state index in [2.05, 4.69) is 10.5 Å². The monoisotopic (exact) mass is 284 g/mol. The molecule has 1 aromatic heterocycles. The van der Waals surface area contributed by atoms with Gasteiger partial charge in [-0.05, 0) is 44.4 Å². The lowest BCUT2D eigenvalue weighted by atomic mass is 9.88. The van der Waals surface area contributed by atoms with Gasteiger partial charge in [-0.3, -0.25) is 4.79 Å². The van der Waals surface area contributed by atoms with Crippen LogP contribution in [0.3, 0.4) is 0 Å². The molecule has 0 spiro atoms. The van der Waals surface area contributed by atoms with Gasteiger partial charge in [0, 0.05) is 22.7 Å². The molecule has 0 radical (unpaired) electrons. The molecule has 0 bridgehead atoms. The first-order valence-electron chi connectivity index (χ1n) is 7.13. The third-order valence-electron chi connectivity index (χ3n) is 4.51. The van der Waals surface area contributed by atoms with Gasteiger partial charge in [0.2, 0.25) is 0 Å². The zero-order valence-corrected chi connectivity index (χ0v) is 11.9. The number of carbonyl (C=O) groups is 1. The molecule has 1 atom stereocenters. The fraction of sp³-hybridized carbons (Fsp3) is 0.375. The van der Waals surface area contributed by atoms with Crippen LogP contribution >= 0.6 is 0 Å². The maximum atomic E-state index is 12.2. The second kappa shape index (κ2) is 3.95. The van der Waals surface area contributed by atoms with E-state index >= 15 is 0 Å². The summed E-state index contributed by atoms with van der Waals surface area (Å²) in [5.41, 5.74) is 2.64. The molecule has 1 unspecified atom stereocenters. The Morgan fingerprint density at radius 2 is 2.14 bits per heavy atom. The number of hydrogen-bond donors (Lipinski definition) is 2. The fourth-order valence-corrected chi connectivity index (χ4v) is 3.27. The van der Waals surface area contributed by atoms with E-state index in [1.54, 1.807) is 0 Å². The van der Waals surface area contributed by atoms with E-state index in [0.717, 1.165) is 35.4 Å². The first-order chi connectivity index (χ1) is 10.0. The van der Waals surface area contributed by atoms with E-state index in [0.29, 0.717) is 11.3 Å². The minimum Gasteiger partial charge on any atom is -0.375 e. The molecule has 108 valence electrons. The molecule has 4 rings (SSSR count). The summed E-state index contributed by atoms with van der Waals surface area (Å²) in [6, 6.07) is 5.65. The quantitative estimate of drug-likeness (QED) is 0.888. The Bertz CT molecular complexity index is 741. The van der Waals surface area contributed by atoms with Crippen LogP contribution in [0.2, 0.25) is 0 Å².